The fourth-order valence-electron chi connectivity index (χ4n) is 3.40. The Morgan fingerprint density at radius 2 is 1.90 bits per heavy atom. The molecule has 0 radical (unpaired) electrons. The van der Waals surface area contributed by atoms with Crippen molar-refractivity contribution in [3.8, 4) is 17.1 Å². The number of unbranched alkanes of at least 4 members (excludes halogenated alkanes) is 2. The van der Waals surface area contributed by atoms with Gasteiger partial charge in [0.2, 0.25) is 0 Å². The van der Waals surface area contributed by atoms with Crippen LogP contribution in [-0.2, 0) is 6.61 Å². The molecule has 0 atom stereocenters. The molecule has 0 unspecified atom stereocenters. The molecule has 3 aromatic rings. The van der Waals surface area contributed by atoms with Gasteiger partial charge in [-0.15, -0.1) is 0 Å². The van der Waals surface area contributed by atoms with Crippen LogP contribution in [0.5, 0.6) is 5.75 Å². The fraction of sp³-hybridized carbons (Fsp3) is 0.240. The highest BCUT2D eigenvalue weighted by atomic mass is 16.5. The first kappa shape index (κ1) is 19.1. The Bertz CT molecular complexity index is 1010. The summed E-state index contributed by atoms with van der Waals surface area (Å²) in [6.45, 7) is 2.75. The molecule has 0 spiro atoms. The van der Waals surface area contributed by atoms with Gasteiger partial charge in [0.15, 0.2) is 0 Å². The Hall–Kier alpha value is -3.27. The molecule has 0 amide bonds. The van der Waals surface area contributed by atoms with E-state index in [1.165, 1.54) is 19.3 Å². The van der Waals surface area contributed by atoms with E-state index >= 15 is 0 Å². The summed E-state index contributed by atoms with van der Waals surface area (Å²) in [4.78, 5) is 11.5. The standard InChI is InChI=1S/C25H27N3O/c1-2-3-5-11-20-13-14-21(27-20)16-24-25(29-18-19-9-6-4-7-10-19)17-23(28-24)22-12-8-15-26-22/h4,6-10,12-17,26,28H,2-3,5,11,18H2,1H3/b21-16+. The Labute approximate surface area is 172 Å². The number of aromatic nitrogens is 2. The van der Waals surface area contributed by atoms with Gasteiger partial charge < -0.3 is 14.7 Å². The van der Waals surface area contributed by atoms with Crippen molar-refractivity contribution >= 4 is 11.8 Å². The third kappa shape index (κ3) is 4.96. The molecule has 1 aliphatic heterocycles. The summed E-state index contributed by atoms with van der Waals surface area (Å²) in [7, 11) is 0. The fourth-order valence-corrected chi connectivity index (χ4v) is 3.40. The summed E-state index contributed by atoms with van der Waals surface area (Å²) >= 11 is 0. The number of aliphatic imine (C=N–C) groups is 1. The van der Waals surface area contributed by atoms with Crippen LogP contribution >= 0.6 is 0 Å². The zero-order chi connectivity index (χ0) is 19.9. The second kappa shape index (κ2) is 9.28. The predicted molar refractivity (Wildman–Crippen MR) is 120 cm³/mol. The molecule has 4 nitrogen and oxygen atoms in total. The molecule has 1 aromatic carbocycles. The average molecular weight is 386 g/mol. The number of nitrogens with one attached hydrogen (secondary N) is 2. The molecule has 1 aliphatic rings. The molecule has 0 aliphatic carbocycles. The smallest absolute Gasteiger partial charge is 0.145 e. The van der Waals surface area contributed by atoms with Gasteiger partial charge in [-0.05, 0) is 48.8 Å². The summed E-state index contributed by atoms with van der Waals surface area (Å²) in [5.41, 5.74) is 6.23. The quantitative estimate of drug-likeness (QED) is 0.405. The Morgan fingerprint density at radius 3 is 2.69 bits per heavy atom. The van der Waals surface area contributed by atoms with Crippen molar-refractivity contribution in [2.75, 3.05) is 0 Å². The average Bonchev–Trinajstić information content (AvgIpc) is 3.49. The third-order valence-electron chi connectivity index (χ3n) is 4.98. The van der Waals surface area contributed by atoms with Crippen LogP contribution in [0.4, 0.5) is 0 Å². The highest BCUT2D eigenvalue weighted by Crippen LogP contribution is 2.30. The van der Waals surface area contributed by atoms with E-state index in [1.807, 2.05) is 42.6 Å². The van der Waals surface area contributed by atoms with Crippen molar-refractivity contribution in [3.63, 3.8) is 0 Å². The van der Waals surface area contributed by atoms with E-state index in [9.17, 15) is 0 Å². The minimum Gasteiger partial charge on any atom is -0.487 e. The van der Waals surface area contributed by atoms with Crippen LogP contribution in [-0.4, -0.2) is 15.7 Å². The molecule has 0 saturated carbocycles. The van der Waals surface area contributed by atoms with Crippen molar-refractivity contribution < 1.29 is 4.74 Å². The number of hydrogen-bond donors (Lipinski definition) is 2. The summed E-state index contributed by atoms with van der Waals surface area (Å²) in [6.07, 6.45) is 12.9. The molecule has 2 N–H and O–H groups in total. The molecular formula is C25H27N3O. The molecule has 148 valence electrons. The maximum atomic E-state index is 6.16. The van der Waals surface area contributed by atoms with Crippen molar-refractivity contribution in [1.29, 1.82) is 0 Å². The molecule has 0 saturated heterocycles. The minimum absolute atomic E-state index is 0.528. The van der Waals surface area contributed by atoms with Crippen LogP contribution in [0.1, 0.15) is 43.9 Å². The van der Waals surface area contributed by atoms with Crippen molar-refractivity contribution in [3.05, 3.63) is 83.8 Å². The van der Waals surface area contributed by atoms with Gasteiger partial charge in [0.05, 0.1) is 22.8 Å². The second-order valence-corrected chi connectivity index (χ2v) is 7.28. The molecule has 2 aromatic heterocycles. The highest BCUT2D eigenvalue weighted by Gasteiger charge is 2.12. The zero-order valence-corrected chi connectivity index (χ0v) is 16.8. The molecule has 3 heterocycles. The van der Waals surface area contributed by atoms with E-state index in [4.69, 9.17) is 9.73 Å². The Balaban J connectivity index is 1.55. The lowest BCUT2D eigenvalue weighted by molar-refractivity contribution is 0.306. The van der Waals surface area contributed by atoms with Gasteiger partial charge in [0.25, 0.3) is 0 Å². The first-order valence-electron chi connectivity index (χ1n) is 10.3. The zero-order valence-electron chi connectivity index (χ0n) is 16.8. The maximum absolute atomic E-state index is 6.16. The van der Waals surface area contributed by atoms with Crippen LogP contribution in [0, 0.1) is 0 Å². The van der Waals surface area contributed by atoms with Gasteiger partial charge >= 0.3 is 0 Å². The number of benzene rings is 1. The van der Waals surface area contributed by atoms with Crippen LogP contribution < -0.4 is 4.74 Å². The van der Waals surface area contributed by atoms with E-state index < -0.39 is 0 Å². The maximum Gasteiger partial charge on any atom is 0.145 e. The van der Waals surface area contributed by atoms with E-state index in [2.05, 4.69) is 47.3 Å². The molecule has 29 heavy (non-hydrogen) atoms. The van der Waals surface area contributed by atoms with E-state index in [-0.39, 0.29) is 0 Å². The lowest BCUT2D eigenvalue weighted by atomic mass is 10.1. The van der Waals surface area contributed by atoms with Gasteiger partial charge in [-0.2, -0.15) is 0 Å². The monoisotopic (exact) mass is 385 g/mol. The van der Waals surface area contributed by atoms with Gasteiger partial charge in [-0.1, -0.05) is 50.1 Å². The summed E-state index contributed by atoms with van der Waals surface area (Å²) in [6, 6.07) is 16.3. The number of hydrogen-bond acceptors (Lipinski definition) is 2. The van der Waals surface area contributed by atoms with Crippen molar-refractivity contribution in [2.45, 2.75) is 39.2 Å². The predicted octanol–water partition coefficient (Wildman–Crippen LogP) is 6.52. The second-order valence-electron chi connectivity index (χ2n) is 7.28. The molecule has 4 heteroatoms. The lowest BCUT2D eigenvalue weighted by Crippen LogP contribution is -1.95. The van der Waals surface area contributed by atoms with Crippen LogP contribution in [0.15, 0.2) is 77.6 Å². The molecule has 0 fully saturated rings. The number of H-pyrrole nitrogens is 2. The SMILES string of the molecule is CCCCCC1=N/C(=C/c2[nH]c(-c3ccc[nH]3)cc2OCc2ccccc2)C=C1. The van der Waals surface area contributed by atoms with Gasteiger partial charge in [0.1, 0.15) is 12.4 Å². The van der Waals surface area contributed by atoms with Crippen molar-refractivity contribution in [2.24, 2.45) is 4.99 Å². The number of allylic oxidation sites excluding steroid dienone is 2. The minimum atomic E-state index is 0.528. The summed E-state index contributed by atoms with van der Waals surface area (Å²) in [5, 5.41) is 0. The topological polar surface area (TPSA) is 53.2 Å². The van der Waals surface area contributed by atoms with Gasteiger partial charge in [-0.25, -0.2) is 0 Å². The van der Waals surface area contributed by atoms with Crippen molar-refractivity contribution in [1.82, 2.24) is 9.97 Å². The van der Waals surface area contributed by atoms with Crippen LogP contribution in [0.25, 0.3) is 17.5 Å². The molecular weight excluding hydrogens is 358 g/mol. The van der Waals surface area contributed by atoms with E-state index in [0.29, 0.717) is 6.61 Å². The number of rotatable bonds is 9. The van der Waals surface area contributed by atoms with Crippen LogP contribution in [0.3, 0.4) is 0 Å². The van der Waals surface area contributed by atoms with E-state index in [1.54, 1.807) is 0 Å². The third-order valence-corrected chi connectivity index (χ3v) is 4.98. The number of ether oxygens (including phenoxy) is 1. The van der Waals surface area contributed by atoms with Gasteiger partial charge in [-0.3, -0.25) is 4.99 Å². The van der Waals surface area contributed by atoms with E-state index in [0.717, 1.165) is 46.2 Å². The largest absolute Gasteiger partial charge is 0.487 e. The summed E-state index contributed by atoms with van der Waals surface area (Å²) < 4.78 is 6.16. The normalized spacial score (nSPS) is 14.5. The number of aromatic amines is 2. The Kier molecular flexibility index (Phi) is 6.10. The highest BCUT2D eigenvalue weighted by molar-refractivity contribution is 5.99. The Morgan fingerprint density at radius 1 is 1.00 bits per heavy atom. The first-order chi connectivity index (χ1) is 14.3. The lowest BCUT2D eigenvalue weighted by Gasteiger charge is -2.05. The first-order valence-corrected chi connectivity index (χ1v) is 10.3. The molecule has 4 rings (SSSR count). The van der Waals surface area contributed by atoms with Crippen LogP contribution in [0.2, 0.25) is 0 Å². The number of nitrogens with zero attached hydrogens (tertiary/aromatic N) is 1. The summed E-state index contributed by atoms with van der Waals surface area (Å²) in [5.74, 6) is 0.828. The van der Waals surface area contributed by atoms with Gasteiger partial charge in [0, 0.05) is 18.0 Å². The molecule has 0 bridgehead atoms.